The Morgan fingerprint density at radius 2 is 1.85 bits per heavy atom. The molecule has 0 spiro atoms. The van der Waals surface area contributed by atoms with Crippen LogP contribution in [0.2, 0.25) is 0 Å². The molecule has 0 amide bonds. The van der Waals surface area contributed by atoms with Gasteiger partial charge in [0.15, 0.2) is 0 Å². The fourth-order valence-corrected chi connectivity index (χ4v) is 2.09. The molecule has 0 saturated carbocycles. The first-order valence-corrected chi connectivity index (χ1v) is 6.30. The summed E-state index contributed by atoms with van der Waals surface area (Å²) in [5, 5.41) is 3.14. The smallest absolute Gasteiger partial charge is 0.387 e. The summed E-state index contributed by atoms with van der Waals surface area (Å²) in [6.45, 7) is -2.82. The van der Waals surface area contributed by atoms with E-state index in [1.54, 1.807) is 37.6 Å². The van der Waals surface area contributed by atoms with Crippen LogP contribution in [0.4, 0.5) is 8.78 Å². The Balaban J connectivity index is 2.23. The van der Waals surface area contributed by atoms with Gasteiger partial charge in [0.1, 0.15) is 5.75 Å². The minimum atomic E-state index is -2.82. The van der Waals surface area contributed by atoms with E-state index in [1.165, 1.54) is 0 Å². The van der Waals surface area contributed by atoms with Gasteiger partial charge in [-0.1, -0.05) is 18.2 Å². The normalized spacial score (nSPS) is 12.4. The molecule has 1 atom stereocenters. The number of nitrogens with zero attached hydrogens (tertiary/aromatic N) is 1. The summed E-state index contributed by atoms with van der Waals surface area (Å²) in [6.07, 6.45) is 4.09. The Labute approximate surface area is 116 Å². The number of alkyl halides is 2. The molecule has 1 aromatic carbocycles. The lowest BCUT2D eigenvalue weighted by Gasteiger charge is -2.20. The van der Waals surface area contributed by atoms with Crippen molar-refractivity contribution in [2.24, 2.45) is 0 Å². The number of likely N-dealkylation sites (N-methyl/N-ethyl adjacent to an activating group) is 1. The van der Waals surface area contributed by atoms with Crippen molar-refractivity contribution in [3.05, 3.63) is 59.9 Å². The molecule has 3 nitrogen and oxygen atoms in total. The van der Waals surface area contributed by atoms with Crippen LogP contribution in [0.1, 0.15) is 17.2 Å². The molecule has 0 fully saturated rings. The zero-order chi connectivity index (χ0) is 14.4. The Morgan fingerprint density at radius 1 is 1.15 bits per heavy atom. The zero-order valence-corrected chi connectivity index (χ0v) is 11.1. The Bertz CT molecular complexity index is 534. The predicted octanol–water partition coefficient (Wildman–Crippen LogP) is 3.19. The Morgan fingerprint density at radius 3 is 2.50 bits per heavy atom. The molecule has 0 aliphatic rings. The number of rotatable bonds is 6. The summed E-state index contributed by atoms with van der Waals surface area (Å²) in [4.78, 5) is 3.96. The third-order valence-electron chi connectivity index (χ3n) is 3.05. The lowest BCUT2D eigenvalue weighted by molar-refractivity contribution is -0.0507. The summed E-state index contributed by atoms with van der Waals surface area (Å²) in [6, 6.07) is 10.5. The number of benzene rings is 1. The van der Waals surface area contributed by atoms with Crippen molar-refractivity contribution in [3.8, 4) is 5.75 Å². The number of aromatic nitrogens is 1. The van der Waals surface area contributed by atoms with E-state index in [0.717, 1.165) is 5.56 Å². The highest BCUT2D eigenvalue weighted by Gasteiger charge is 2.17. The lowest BCUT2D eigenvalue weighted by Crippen LogP contribution is -2.20. The van der Waals surface area contributed by atoms with E-state index in [-0.39, 0.29) is 11.8 Å². The second-order valence-electron chi connectivity index (χ2n) is 4.32. The highest BCUT2D eigenvalue weighted by atomic mass is 19.3. The molecule has 1 heterocycles. The number of hydrogen-bond donors (Lipinski definition) is 1. The van der Waals surface area contributed by atoms with Gasteiger partial charge < -0.3 is 10.1 Å². The molecular formula is C15H16F2N2O. The third-order valence-corrected chi connectivity index (χ3v) is 3.05. The molecule has 5 heteroatoms. The van der Waals surface area contributed by atoms with Crippen molar-refractivity contribution in [2.45, 2.75) is 19.1 Å². The van der Waals surface area contributed by atoms with Crippen molar-refractivity contribution >= 4 is 0 Å². The third kappa shape index (κ3) is 3.74. The van der Waals surface area contributed by atoms with Gasteiger partial charge in [-0.25, -0.2) is 0 Å². The number of ether oxygens (including phenoxy) is 1. The maximum atomic E-state index is 12.4. The minimum Gasteiger partial charge on any atom is -0.434 e. The van der Waals surface area contributed by atoms with Crippen molar-refractivity contribution in [3.63, 3.8) is 0 Å². The Hall–Kier alpha value is -2.01. The van der Waals surface area contributed by atoms with Crippen molar-refractivity contribution < 1.29 is 13.5 Å². The van der Waals surface area contributed by atoms with Crippen LogP contribution < -0.4 is 10.1 Å². The van der Waals surface area contributed by atoms with E-state index in [1.807, 2.05) is 18.2 Å². The summed E-state index contributed by atoms with van der Waals surface area (Å²) in [5.74, 6) is 0.205. The quantitative estimate of drug-likeness (QED) is 0.881. The van der Waals surface area contributed by atoms with Crippen LogP contribution in [0.5, 0.6) is 5.75 Å². The second kappa shape index (κ2) is 6.96. The van der Waals surface area contributed by atoms with Gasteiger partial charge in [0.2, 0.25) is 0 Å². The van der Waals surface area contributed by atoms with Gasteiger partial charge in [0.05, 0.1) is 0 Å². The molecule has 1 N–H and O–H groups in total. The number of para-hydroxylation sites is 1. The highest BCUT2D eigenvalue weighted by Crippen LogP contribution is 2.28. The largest absolute Gasteiger partial charge is 0.434 e. The summed E-state index contributed by atoms with van der Waals surface area (Å²) < 4.78 is 29.5. The molecule has 0 saturated heterocycles. The van der Waals surface area contributed by atoms with E-state index in [0.29, 0.717) is 12.0 Å². The molecule has 1 aromatic heterocycles. The summed E-state index contributed by atoms with van der Waals surface area (Å²) in [5.41, 5.74) is 1.79. The molecule has 0 radical (unpaired) electrons. The fourth-order valence-electron chi connectivity index (χ4n) is 2.09. The van der Waals surface area contributed by atoms with Crippen LogP contribution in [-0.4, -0.2) is 18.6 Å². The number of halogens is 2. The minimum absolute atomic E-state index is 0.104. The first-order valence-electron chi connectivity index (χ1n) is 6.30. The number of pyridine rings is 1. The first-order chi connectivity index (χ1) is 9.70. The maximum absolute atomic E-state index is 12.4. The number of hydrogen-bond acceptors (Lipinski definition) is 3. The standard InChI is InChI=1S/C15H16F2N2O/c1-18-13(10-11-6-8-19-9-7-11)12-4-2-3-5-14(12)20-15(16)17/h2-9,13,15,18H,10H2,1H3. The van der Waals surface area contributed by atoms with Gasteiger partial charge in [-0.05, 0) is 37.2 Å². The van der Waals surface area contributed by atoms with Crippen molar-refractivity contribution in [1.29, 1.82) is 0 Å². The van der Waals surface area contributed by atoms with Gasteiger partial charge >= 0.3 is 6.61 Å². The van der Waals surface area contributed by atoms with E-state index in [9.17, 15) is 8.78 Å². The van der Waals surface area contributed by atoms with Gasteiger partial charge in [-0.15, -0.1) is 0 Å². The summed E-state index contributed by atoms with van der Waals surface area (Å²) in [7, 11) is 1.80. The topological polar surface area (TPSA) is 34.2 Å². The van der Waals surface area contributed by atoms with E-state index in [2.05, 4.69) is 15.0 Å². The Kier molecular flexibility index (Phi) is 5.01. The molecular weight excluding hydrogens is 262 g/mol. The van der Waals surface area contributed by atoms with Gasteiger partial charge in [-0.2, -0.15) is 8.78 Å². The van der Waals surface area contributed by atoms with Crippen LogP contribution in [0.3, 0.4) is 0 Å². The van der Waals surface area contributed by atoms with Crippen molar-refractivity contribution in [1.82, 2.24) is 10.3 Å². The monoisotopic (exact) mass is 278 g/mol. The van der Waals surface area contributed by atoms with Crippen LogP contribution in [0.15, 0.2) is 48.8 Å². The average Bonchev–Trinajstić information content (AvgIpc) is 2.46. The molecule has 2 rings (SSSR count). The molecule has 1 unspecified atom stereocenters. The summed E-state index contributed by atoms with van der Waals surface area (Å²) >= 11 is 0. The SMILES string of the molecule is CNC(Cc1ccncc1)c1ccccc1OC(F)F. The van der Waals surface area contributed by atoms with Gasteiger partial charge in [0, 0.05) is 24.0 Å². The van der Waals surface area contributed by atoms with E-state index < -0.39 is 6.61 Å². The van der Waals surface area contributed by atoms with Gasteiger partial charge in [0.25, 0.3) is 0 Å². The molecule has 106 valence electrons. The second-order valence-corrected chi connectivity index (χ2v) is 4.32. The van der Waals surface area contributed by atoms with Crippen LogP contribution in [0, 0.1) is 0 Å². The van der Waals surface area contributed by atoms with Crippen LogP contribution in [0.25, 0.3) is 0 Å². The average molecular weight is 278 g/mol. The maximum Gasteiger partial charge on any atom is 0.387 e. The van der Waals surface area contributed by atoms with E-state index >= 15 is 0 Å². The highest BCUT2D eigenvalue weighted by molar-refractivity contribution is 5.37. The van der Waals surface area contributed by atoms with Gasteiger partial charge in [-0.3, -0.25) is 4.98 Å². The van der Waals surface area contributed by atoms with E-state index in [4.69, 9.17) is 0 Å². The van der Waals surface area contributed by atoms with Crippen LogP contribution in [-0.2, 0) is 6.42 Å². The first kappa shape index (κ1) is 14.4. The zero-order valence-electron chi connectivity index (χ0n) is 11.1. The number of nitrogens with one attached hydrogen (secondary N) is 1. The van der Waals surface area contributed by atoms with Crippen LogP contribution >= 0.6 is 0 Å². The lowest BCUT2D eigenvalue weighted by atomic mass is 9.99. The molecule has 0 aliphatic heterocycles. The fraction of sp³-hybridized carbons (Fsp3) is 0.267. The molecule has 0 bridgehead atoms. The molecule has 2 aromatic rings. The van der Waals surface area contributed by atoms with Crippen molar-refractivity contribution in [2.75, 3.05) is 7.05 Å². The predicted molar refractivity (Wildman–Crippen MR) is 72.8 cm³/mol. The molecule has 20 heavy (non-hydrogen) atoms. The molecule has 0 aliphatic carbocycles.